The predicted molar refractivity (Wildman–Crippen MR) is 126 cm³/mol. The molecule has 2 aromatic heterocycles. The van der Waals surface area contributed by atoms with E-state index in [9.17, 15) is 9.00 Å². The molecule has 31 heavy (non-hydrogen) atoms. The first-order chi connectivity index (χ1) is 14.9. The lowest BCUT2D eigenvalue weighted by Crippen LogP contribution is -2.36. The molecule has 7 nitrogen and oxygen atoms in total. The van der Waals surface area contributed by atoms with Crippen LogP contribution in [0.25, 0.3) is 22.2 Å². The number of H-pyrrole nitrogens is 2. The number of rotatable bonds is 8. The van der Waals surface area contributed by atoms with Gasteiger partial charge in [-0.05, 0) is 81.2 Å². The Labute approximate surface area is 185 Å². The Morgan fingerprint density at radius 2 is 2.03 bits per heavy atom. The van der Waals surface area contributed by atoms with Gasteiger partial charge in [-0.2, -0.15) is 0 Å². The Morgan fingerprint density at radius 3 is 2.68 bits per heavy atom. The van der Waals surface area contributed by atoms with Gasteiger partial charge in [0, 0.05) is 42.3 Å². The third kappa shape index (κ3) is 4.76. The van der Waals surface area contributed by atoms with Crippen LogP contribution in [0.5, 0.6) is 0 Å². The van der Waals surface area contributed by atoms with Gasteiger partial charge >= 0.3 is 0 Å². The first-order valence-electron chi connectivity index (χ1n) is 10.8. The van der Waals surface area contributed by atoms with Crippen LogP contribution in [0.1, 0.15) is 41.1 Å². The smallest absolute Gasteiger partial charge is 0.250 e. The summed E-state index contributed by atoms with van der Waals surface area (Å²) in [7, 11) is 3.17. The van der Waals surface area contributed by atoms with Gasteiger partial charge in [0.15, 0.2) is 0 Å². The second-order valence-electron chi connectivity index (χ2n) is 8.52. The van der Waals surface area contributed by atoms with Gasteiger partial charge in [0.1, 0.15) is 0 Å². The highest BCUT2D eigenvalue weighted by Gasteiger charge is 2.26. The first-order valence-corrected chi connectivity index (χ1v) is 12.1. The van der Waals surface area contributed by atoms with Crippen molar-refractivity contribution in [3.05, 3.63) is 47.8 Å². The number of nitrogens with one attached hydrogen (secondary N) is 2. The van der Waals surface area contributed by atoms with Crippen LogP contribution in [-0.2, 0) is 11.0 Å². The van der Waals surface area contributed by atoms with Crippen molar-refractivity contribution in [3.63, 3.8) is 0 Å². The van der Waals surface area contributed by atoms with E-state index in [1.807, 2.05) is 44.7 Å². The molecule has 1 aromatic carbocycles. The van der Waals surface area contributed by atoms with E-state index >= 15 is 0 Å². The summed E-state index contributed by atoms with van der Waals surface area (Å²) in [6.07, 6.45) is 6.73. The normalized spacial score (nSPS) is 16.9. The highest BCUT2D eigenvalue weighted by Crippen LogP contribution is 2.36. The highest BCUT2D eigenvalue weighted by atomic mass is 32.2. The second kappa shape index (κ2) is 9.38. The molecular formula is C23H31N5O2S. The first kappa shape index (κ1) is 21.8. The topological polar surface area (TPSA) is 98.2 Å². The minimum absolute atomic E-state index is 0.364. The molecule has 166 valence electrons. The van der Waals surface area contributed by atoms with Crippen LogP contribution in [0.4, 0.5) is 0 Å². The SMILES string of the molecule is CN(C)CCCS(=O)N1CCC(c2c[nH]c3c(C(N)=O)cc(-c4ccc[nH]4)cc23)CC1. The van der Waals surface area contributed by atoms with Crippen molar-refractivity contribution >= 4 is 27.8 Å². The van der Waals surface area contributed by atoms with Crippen LogP contribution < -0.4 is 5.73 Å². The van der Waals surface area contributed by atoms with Crippen LogP contribution in [0.3, 0.4) is 0 Å². The number of aromatic nitrogens is 2. The number of amides is 1. The summed E-state index contributed by atoms with van der Waals surface area (Å²) in [5.74, 6) is 0.648. The number of hydrogen-bond acceptors (Lipinski definition) is 3. The fourth-order valence-corrected chi connectivity index (χ4v) is 5.71. The largest absolute Gasteiger partial charge is 0.366 e. The monoisotopic (exact) mass is 441 g/mol. The number of carbonyl (C=O) groups is 1. The second-order valence-corrected chi connectivity index (χ2v) is 10.1. The molecule has 8 heteroatoms. The highest BCUT2D eigenvalue weighted by molar-refractivity contribution is 7.82. The standard InChI is InChI=1S/C23H31N5O2S/c1-27(2)9-4-12-31(30)28-10-6-16(7-11-28)20-15-26-22-18(20)13-17(14-19(22)23(24)29)21-5-3-8-25-21/h3,5,8,13-16,25-26H,4,6-7,9-12H2,1-2H3,(H2,24,29). The fourth-order valence-electron chi connectivity index (χ4n) is 4.45. The predicted octanol–water partition coefficient (Wildman–Crippen LogP) is 3.06. The van der Waals surface area contributed by atoms with Crippen LogP contribution in [0.2, 0.25) is 0 Å². The maximum atomic E-state index is 12.6. The molecule has 0 spiro atoms. The maximum Gasteiger partial charge on any atom is 0.250 e. The van der Waals surface area contributed by atoms with Crippen molar-refractivity contribution in [3.8, 4) is 11.3 Å². The zero-order valence-electron chi connectivity index (χ0n) is 18.2. The Balaban J connectivity index is 1.53. The van der Waals surface area contributed by atoms with Gasteiger partial charge in [0.25, 0.3) is 5.91 Å². The van der Waals surface area contributed by atoms with Crippen molar-refractivity contribution in [1.82, 2.24) is 19.2 Å². The number of nitrogens with two attached hydrogens (primary N) is 1. The minimum Gasteiger partial charge on any atom is -0.366 e. The Kier molecular flexibility index (Phi) is 6.60. The zero-order chi connectivity index (χ0) is 22.0. The minimum atomic E-state index is -0.912. The van der Waals surface area contributed by atoms with Gasteiger partial charge in [0.2, 0.25) is 0 Å². The summed E-state index contributed by atoms with van der Waals surface area (Å²) in [5.41, 5.74) is 10.1. The fraction of sp³-hybridized carbons (Fsp3) is 0.435. The molecule has 1 unspecified atom stereocenters. The van der Waals surface area contributed by atoms with E-state index in [-0.39, 0.29) is 0 Å². The molecule has 4 N–H and O–H groups in total. The molecule has 0 bridgehead atoms. The van der Waals surface area contributed by atoms with Crippen molar-refractivity contribution in [2.45, 2.75) is 25.2 Å². The van der Waals surface area contributed by atoms with Gasteiger partial charge in [-0.25, -0.2) is 8.51 Å². The van der Waals surface area contributed by atoms with E-state index < -0.39 is 16.9 Å². The number of aromatic amines is 2. The molecule has 3 aromatic rings. The van der Waals surface area contributed by atoms with Gasteiger partial charge in [-0.15, -0.1) is 0 Å². The number of primary amides is 1. The average Bonchev–Trinajstić information content (AvgIpc) is 3.43. The number of nitrogens with zero attached hydrogens (tertiary/aromatic N) is 2. The van der Waals surface area contributed by atoms with Crippen molar-refractivity contribution < 1.29 is 9.00 Å². The Bertz CT molecular complexity index is 1070. The van der Waals surface area contributed by atoms with Gasteiger partial charge < -0.3 is 20.6 Å². The van der Waals surface area contributed by atoms with Crippen molar-refractivity contribution in [2.24, 2.45) is 5.73 Å². The number of carbonyl (C=O) groups excluding carboxylic acids is 1. The van der Waals surface area contributed by atoms with Gasteiger partial charge in [-0.1, -0.05) is 0 Å². The molecule has 1 aliphatic heterocycles. The Hall–Kier alpha value is -2.42. The molecule has 0 saturated carbocycles. The lowest BCUT2D eigenvalue weighted by Gasteiger charge is -2.31. The van der Waals surface area contributed by atoms with E-state index in [1.54, 1.807) is 0 Å². The lowest BCUT2D eigenvalue weighted by molar-refractivity contribution is 0.100. The molecule has 4 rings (SSSR count). The quantitative estimate of drug-likeness (QED) is 0.501. The van der Waals surface area contributed by atoms with Crippen molar-refractivity contribution in [2.75, 3.05) is 39.5 Å². The van der Waals surface area contributed by atoms with E-state index in [0.29, 0.717) is 11.5 Å². The summed E-state index contributed by atoms with van der Waals surface area (Å²) in [6.45, 7) is 2.61. The van der Waals surface area contributed by atoms with Crippen molar-refractivity contribution in [1.29, 1.82) is 0 Å². The van der Waals surface area contributed by atoms with E-state index in [1.165, 1.54) is 5.56 Å². The van der Waals surface area contributed by atoms with Gasteiger partial charge in [-0.3, -0.25) is 4.79 Å². The van der Waals surface area contributed by atoms with E-state index in [0.717, 1.165) is 66.8 Å². The summed E-state index contributed by atoms with van der Waals surface area (Å²) < 4.78 is 14.7. The van der Waals surface area contributed by atoms with Crippen LogP contribution >= 0.6 is 0 Å². The molecule has 1 aliphatic rings. The summed E-state index contributed by atoms with van der Waals surface area (Å²) in [5, 5.41) is 1.05. The number of benzene rings is 1. The maximum absolute atomic E-state index is 12.6. The molecule has 3 heterocycles. The number of hydrogen-bond donors (Lipinski definition) is 3. The summed E-state index contributed by atoms with van der Waals surface area (Å²) >= 11 is 0. The third-order valence-electron chi connectivity index (χ3n) is 6.10. The average molecular weight is 442 g/mol. The third-order valence-corrected chi connectivity index (χ3v) is 7.68. The molecular weight excluding hydrogens is 410 g/mol. The van der Waals surface area contributed by atoms with Crippen LogP contribution in [0, 0.1) is 0 Å². The summed E-state index contributed by atoms with van der Waals surface area (Å²) in [6, 6.07) is 7.90. The number of piperidine rings is 1. The molecule has 1 fully saturated rings. The molecule has 1 amide bonds. The van der Waals surface area contributed by atoms with E-state index in [2.05, 4.69) is 25.2 Å². The lowest BCUT2D eigenvalue weighted by atomic mass is 9.89. The molecule has 1 atom stereocenters. The summed E-state index contributed by atoms with van der Waals surface area (Å²) in [4.78, 5) is 20.7. The Morgan fingerprint density at radius 1 is 1.26 bits per heavy atom. The van der Waals surface area contributed by atoms with Crippen LogP contribution in [0.15, 0.2) is 36.7 Å². The number of fused-ring (bicyclic) bond motifs is 1. The molecule has 1 saturated heterocycles. The molecule has 0 aliphatic carbocycles. The van der Waals surface area contributed by atoms with Gasteiger partial charge in [0.05, 0.1) is 22.1 Å². The van der Waals surface area contributed by atoms with E-state index in [4.69, 9.17) is 5.73 Å². The molecule has 0 radical (unpaired) electrons. The zero-order valence-corrected chi connectivity index (χ0v) is 19.0. The van der Waals surface area contributed by atoms with Crippen LogP contribution in [-0.4, -0.2) is 68.8 Å².